The number of sulfone groups is 1. The number of hydrogen-bond acceptors (Lipinski definition) is 10. The Morgan fingerprint density at radius 2 is 1.35 bits per heavy atom. The molecule has 2 rings (SSSR count). The van der Waals surface area contributed by atoms with Gasteiger partial charge in [0.1, 0.15) is 37.4 Å². The molecule has 0 spiro atoms. The number of esters is 3. The van der Waals surface area contributed by atoms with Crippen molar-refractivity contribution >= 4 is 50.9 Å². The van der Waals surface area contributed by atoms with Gasteiger partial charge < -0.3 is 23.7 Å². The number of benzene rings is 2. The van der Waals surface area contributed by atoms with Crippen molar-refractivity contribution in [1.82, 2.24) is 0 Å². The summed E-state index contributed by atoms with van der Waals surface area (Å²) in [4.78, 5) is 33.2. The number of carbonyl (C=O) groups is 3. The number of alkyl halides is 1. The molecule has 2 atom stereocenters. The lowest BCUT2D eigenvalue weighted by atomic mass is 10.3. The van der Waals surface area contributed by atoms with E-state index in [4.69, 9.17) is 46.9 Å². The highest BCUT2D eigenvalue weighted by Crippen LogP contribution is 2.31. The molecule has 0 saturated heterocycles. The molecule has 13 heteroatoms. The summed E-state index contributed by atoms with van der Waals surface area (Å²) in [6.45, 7) is 3.33. The van der Waals surface area contributed by atoms with Crippen molar-refractivity contribution in [2.24, 2.45) is 0 Å². The van der Waals surface area contributed by atoms with E-state index >= 15 is 0 Å². The van der Waals surface area contributed by atoms with Crippen molar-refractivity contribution < 1.29 is 46.5 Å². The molecule has 2 aromatic rings. The molecule has 0 heterocycles. The van der Waals surface area contributed by atoms with E-state index in [1.807, 2.05) is 0 Å². The predicted molar refractivity (Wildman–Crippen MR) is 133 cm³/mol. The molecule has 0 radical (unpaired) electrons. The monoisotopic (exact) mass is 576 g/mol. The fourth-order valence-corrected chi connectivity index (χ4v) is 4.63. The van der Waals surface area contributed by atoms with Crippen LogP contribution in [-0.2, 0) is 38.4 Å². The predicted octanol–water partition coefficient (Wildman–Crippen LogP) is 3.60. The van der Waals surface area contributed by atoms with Gasteiger partial charge >= 0.3 is 17.9 Å². The Labute approximate surface area is 224 Å². The van der Waals surface area contributed by atoms with E-state index in [2.05, 4.69) is 0 Å². The van der Waals surface area contributed by atoms with Gasteiger partial charge in [0, 0.05) is 20.8 Å². The molecule has 37 heavy (non-hydrogen) atoms. The van der Waals surface area contributed by atoms with Crippen molar-refractivity contribution in [2.45, 2.75) is 42.8 Å². The average Bonchev–Trinajstić information content (AvgIpc) is 2.83. The van der Waals surface area contributed by atoms with Crippen LogP contribution in [0.15, 0.2) is 52.3 Å². The van der Waals surface area contributed by atoms with Crippen LogP contribution in [0.1, 0.15) is 20.8 Å². The molecule has 10 nitrogen and oxygen atoms in total. The van der Waals surface area contributed by atoms with Crippen LogP contribution in [0.2, 0.25) is 5.02 Å². The van der Waals surface area contributed by atoms with Crippen molar-refractivity contribution in [3.8, 4) is 11.5 Å². The van der Waals surface area contributed by atoms with Crippen LogP contribution in [0.5, 0.6) is 11.5 Å². The fourth-order valence-electron chi connectivity index (χ4n) is 2.89. The summed E-state index contributed by atoms with van der Waals surface area (Å²) in [6, 6.07) is 9.54. The average molecular weight is 577 g/mol. The summed E-state index contributed by atoms with van der Waals surface area (Å²) in [6.07, 6.45) is -1.52. The van der Waals surface area contributed by atoms with Crippen molar-refractivity contribution in [3.05, 3.63) is 47.5 Å². The first-order valence-electron chi connectivity index (χ1n) is 10.9. The lowest BCUT2D eigenvalue weighted by Gasteiger charge is -2.17. The number of carbonyl (C=O) groups excluding carboxylic acids is 3. The Kier molecular flexibility index (Phi) is 11.5. The second-order valence-electron chi connectivity index (χ2n) is 7.61. The first kappa shape index (κ1) is 30.2. The first-order valence-corrected chi connectivity index (χ1v) is 13.3. The van der Waals surface area contributed by atoms with Gasteiger partial charge in [0.05, 0.1) is 20.7 Å². The lowest BCUT2D eigenvalue weighted by molar-refractivity contribution is -0.158. The zero-order valence-corrected chi connectivity index (χ0v) is 22.6. The van der Waals surface area contributed by atoms with Crippen LogP contribution in [-0.4, -0.2) is 64.2 Å². The largest absolute Gasteiger partial charge is 0.490 e. The van der Waals surface area contributed by atoms with Crippen LogP contribution in [0.4, 0.5) is 0 Å². The molecule has 0 aliphatic carbocycles. The maximum atomic E-state index is 13.1. The molecule has 0 amide bonds. The molecule has 0 N–H and O–H groups in total. The summed E-state index contributed by atoms with van der Waals surface area (Å²) in [5, 5.41) is 0.0430. The smallest absolute Gasteiger partial charge is 0.303 e. The third-order valence-electron chi connectivity index (χ3n) is 4.52. The van der Waals surface area contributed by atoms with Gasteiger partial charge in [0.2, 0.25) is 9.84 Å². The Morgan fingerprint density at radius 1 is 0.784 bits per heavy atom. The Balaban J connectivity index is 2.07. The normalized spacial score (nSPS) is 12.7. The van der Waals surface area contributed by atoms with Gasteiger partial charge in [-0.3, -0.25) is 14.4 Å². The molecular weight excluding hydrogens is 551 g/mol. The molecule has 0 bridgehead atoms. The summed E-state index contributed by atoms with van der Waals surface area (Å²) < 4.78 is 52.1. The van der Waals surface area contributed by atoms with Gasteiger partial charge in [0.25, 0.3) is 0 Å². The second-order valence-corrected chi connectivity index (χ2v) is 10.3. The minimum absolute atomic E-state index is 0.0139. The second kappa shape index (κ2) is 14.1. The summed E-state index contributed by atoms with van der Waals surface area (Å²) >= 11 is 12.0. The van der Waals surface area contributed by atoms with E-state index in [0.717, 1.165) is 0 Å². The fraction of sp³-hybridized carbons (Fsp3) is 0.375. The van der Waals surface area contributed by atoms with E-state index in [1.165, 1.54) is 63.2 Å². The Morgan fingerprint density at radius 3 is 1.89 bits per heavy atom. The van der Waals surface area contributed by atoms with Gasteiger partial charge in [-0.1, -0.05) is 11.6 Å². The third kappa shape index (κ3) is 9.75. The summed E-state index contributed by atoms with van der Waals surface area (Å²) in [5.41, 5.74) is 0. The maximum Gasteiger partial charge on any atom is 0.303 e. The summed E-state index contributed by atoms with van der Waals surface area (Å²) in [5.74, 6) is -1.09. The van der Waals surface area contributed by atoms with E-state index < -0.39 is 40.0 Å². The minimum atomic E-state index is -3.92. The number of ether oxygens (including phenoxy) is 5. The third-order valence-corrected chi connectivity index (χ3v) is 6.93. The van der Waals surface area contributed by atoms with E-state index in [0.29, 0.717) is 5.75 Å². The Hall–Kier alpha value is -3.02. The molecule has 0 aliphatic rings. The number of rotatable bonds is 13. The van der Waals surface area contributed by atoms with Crippen molar-refractivity contribution in [1.29, 1.82) is 0 Å². The van der Waals surface area contributed by atoms with Crippen LogP contribution in [0, 0.1) is 0 Å². The molecule has 202 valence electrons. The number of hydrogen-bond donors (Lipinski definition) is 0. The molecule has 2 aromatic carbocycles. The lowest BCUT2D eigenvalue weighted by Crippen LogP contribution is -2.29. The standard InChI is InChI=1S/C24H26Cl2O10S/c1-15(27)32-13-20(36-17(3)29)14-33-18-4-6-21(7-5-18)37(30,31)22-8-9-24(23(26)10-22)34-12-19(11-25)35-16(2)28/h4-10,19-20H,11-14H2,1-3H3/t19-,20+/m0/s1. The van der Waals surface area contributed by atoms with E-state index in [9.17, 15) is 22.8 Å². The van der Waals surface area contributed by atoms with Gasteiger partial charge in [0.15, 0.2) is 6.10 Å². The van der Waals surface area contributed by atoms with Crippen LogP contribution in [0.25, 0.3) is 0 Å². The molecule has 0 saturated carbocycles. The van der Waals surface area contributed by atoms with Crippen molar-refractivity contribution in [2.75, 3.05) is 25.7 Å². The van der Waals surface area contributed by atoms with Crippen LogP contribution < -0.4 is 9.47 Å². The SMILES string of the molecule is CC(=O)OC[C@H](COc1ccc(S(=O)(=O)c2ccc(OC[C@H](CCl)OC(C)=O)c(Cl)c2)cc1)OC(C)=O. The molecule has 0 aliphatic heterocycles. The van der Waals surface area contributed by atoms with Gasteiger partial charge in [-0.05, 0) is 42.5 Å². The molecule has 0 aromatic heterocycles. The topological polar surface area (TPSA) is 132 Å². The Bertz CT molecular complexity index is 1200. The summed E-state index contributed by atoms with van der Waals surface area (Å²) in [7, 11) is -3.92. The quantitative estimate of drug-likeness (QED) is 0.198. The van der Waals surface area contributed by atoms with Gasteiger partial charge in [-0.2, -0.15) is 0 Å². The minimum Gasteiger partial charge on any atom is -0.490 e. The zero-order valence-electron chi connectivity index (χ0n) is 20.3. The van der Waals surface area contributed by atoms with Gasteiger partial charge in [-0.25, -0.2) is 8.42 Å². The highest BCUT2D eigenvalue weighted by Gasteiger charge is 2.21. The zero-order chi connectivity index (χ0) is 27.6. The highest BCUT2D eigenvalue weighted by atomic mass is 35.5. The van der Waals surface area contributed by atoms with E-state index in [-0.39, 0.29) is 46.3 Å². The van der Waals surface area contributed by atoms with Crippen LogP contribution >= 0.6 is 23.2 Å². The molecule has 0 unspecified atom stereocenters. The number of halogens is 2. The van der Waals surface area contributed by atoms with Gasteiger partial charge in [-0.15, -0.1) is 11.6 Å². The molecule has 0 fully saturated rings. The van der Waals surface area contributed by atoms with E-state index in [1.54, 1.807) is 0 Å². The maximum absolute atomic E-state index is 13.1. The van der Waals surface area contributed by atoms with Crippen molar-refractivity contribution in [3.63, 3.8) is 0 Å². The molecular formula is C24H26Cl2O10S. The highest BCUT2D eigenvalue weighted by molar-refractivity contribution is 7.91. The van der Waals surface area contributed by atoms with Crippen LogP contribution in [0.3, 0.4) is 0 Å². The first-order chi connectivity index (χ1) is 17.4.